The van der Waals surface area contributed by atoms with E-state index in [0.29, 0.717) is 22.6 Å². The Morgan fingerprint density at radius 2 is 2.11 bits per heavy atom. The molecule has 0 aliphatic rings. The maximum Gasteiger partial charge on any atom is 0.257 e. The highest BCUT2D eigenvalue weighted by Crippen LogP contribution is 2.18. The predicted molar refractivity (Wildman–Crippen MR) is 68.7 cm³/mol. The van der Waals surface area contributed by atoms with Gasteiger partial charge in [0.1, 0.15) is 0 Å². The SMILES string of the molecule is Cc1cc(C(=O)Nc2cccnc2Cl)c(C)nn1. The number of anilines is 1. The Morgan fingerprint density at radius 3 is 2.83 bits per heavy atom. The molecule has 0 saturated carbocycles. The van der Waals surface area contributed by atoms with Crippen LogP contribution in [0.5, 0.6) is 0 Å². The van der Waals surface area contributed by atoms with E-state index in [1.54, 1.807) is 38.2 Å². The third-order valence-corrected chi connectivity index (χ3v) is 2.65. The Labute approximate surface area is 109 Å². The molecule has 1 N–H and O–H groups in total. The smallest absolute Gasteiger partial charge is 0.257 e. The molecule has 2 rings (SSSR count). The highest BCUT2D eigenvalue weighted by molar-refractivity contribution is 6.32. The van der Waals surface area contributed by atoms with Crippen molar-refractivity contribution in [1.82, 2.24) is 15.2 Å². The Balaban J connectivity index is 2.28. The molecule has 2 aromatic rings. The van der Waals surface area contributed by atoms with Crippen molar-refractivity contribution in [2.75, 3.05) is 5.32 Å². The molecule has 0 atom stereocenters. The van der Waals surface area contributed by atoms with Gasteiger partial charge in [0.15, 0.2) is 5.15 Å². The van der Waals surface area contributed by atoms with Crippen molar-refractivity contribution in [2.45, 2.75) is 13.8 Å². The fourth-order valence-electron chi connectivity index (χ4n) is 1.45. The number of pyridine rings is 1. The van der Waals surface area contributed by atoms with E-state index < -0.39 is 0 Å². The van der Waals surface area contributed by atoms with Gasteiger partial charge >= 0.3 is 0 Å². The van der Waals surface area contributed by atoms with E-state index >= 15 is 0 Å². The van der Waals surface area contributed by atoms with Crippen molar-refractivity contribution in [3.63, 3.8) is 0 Å². The number of aryl methyl sites for hydroxylation is 2. The summed E-state index contributed by atoms with van der Waals surface area (Å²) >= 11 is 5.87. The van der Waals surface area contributed by atoms with E-state index in [2.05, 4.69) is 20.5 Å². The summed E-state index contributed by atoms with van der Waals surface area (Å²) in [7, 11) is 0. The molecule has 92 valence electrons. The minimum absolute atomic E-state index is 0.252. The summed E-state index contributed by atoms with van der Waals surface area (Å²) in [6, 6.07) is 5.07. The Bertz CT molecular complexity index is 600. The topological polar surface area (TPSA) is 67.8 Å². The van der Waals surface area contributed by atoms with Gasteiger partial charge in [0, 0.05) is 6.20 Å². The molecule has 0 unspecified atom stereocenters. The number of carbonyl (C=O) groups is 1. The number of halogens is 1. The van der Waals surface area contributed by atoms with Gasteiger partial charge in [-0.1, -0.05) is 11.6 Å². The number of carbonyl (C=O) groups excluding carboxylic acids is 1. The third kappa shape index (κ3) is 2.62. The van der Waals surface area contributed by atoms with Crippen LogP contribution in [0.1, 0.15) is 21.7 Å². The van der Waals surface area contributed by atoms with Gasteiger partial charge in [-0.3, -0.25) is 4.79 Å². The van der Waals surface area contributed by atoms with Gasteiger partial charge in [-0.2, -0.15) is 10.2 Å². The lowest BCUT2D eigenvalue weighted by molar-refractivity contribution is 0.102. The molecule has 0 radical (unpaired) electrons. The van der Waals surface area contributed by atoms with Crippen LogP contribution >= 0.6 is 11.6 Å². The second kappa shape index (κ2) is 5.10. The van der Waals surface area contributed by atoms with Crippen LogP contribution in [0.2, 0.25) is 5.15 Å². The largest absolute Gasteiger partial charge is 0.319 e. The second-order valence-electron chi connectivity index (χ2n) is 3.78. The fourth-order valence-corrected chi connectivity index (χ4v) is 1.62. The fraction of sp³-hybridized carbons (Fsp3) is 0.167. The zero-order chi connectivity index (χ0) is 13.1. The lowest BCUT2D eigenvalue weighted by Crippen LogP contribution is -2.15. The normalized spacial score (nSPS) is 10.2. The lowest BCUT2D eigenvalue weighted by atomic mass is 10.2. The van der Waals surface area contributed by atoms with Crippen molar-refractivity contribution in [3.8, 4) is 0 Å². The van der Waals surface area contributed by atoms with E-state index in [1.165, 1.54) is 0 Å². The number of nitrogens with one attached hydrogen (secondary N) is 1. The number of hydrogen-bond acceptors (Lipinski definition) is 4. The molecular formula is C12H11ClN4O. The van der Waals surface area contributed by atoms with Gasteiger partial charge in [-0.05, 0) is 32.0 Å². The van der Waals surface area contributed by atoms with Crippen LogP contribution in [0.4, 0.5) is 5.69 Å². The maximum absolute atomic E-state index is 12.1. The number of nitrogens with zero attached hydrogens (tertiary/aromatic N) is 3. The van der Waals surface area contributed by atoms with Gasteiger partial charge < -0.3 is 5.32 Å². The quantitative estimate of drug-likeness (QED) is 0.844. The number of hydrogen-bond donors (Lipinski definition) is 1. The first-order valence-electron chi connectivity index (χ1n) is 5.30. The zero-order valence-corrected chi connectivity index (χ0v) is 10.7. The van der Waals surface area contributed by atoms with E-state index in [-0.39, 0.29) is 11.1 Å². The first-order chi connectivity index (χ1) is 8.58. The van der Waals surface area contributed by atoms with Crippen LogP contribution in [0.15, 0.2) is 24.4 Å². The molecule has 18 heavy (non-hydrogen) atoms. The molecule has 0 aromatic carbocycles. The molecule has 1 amide bonds. The van der Waals surface area contributed by atoms with Crippen molar-refractivity contribution in [2.24, 2.45) is 0 Å². The van der Waals surface area contributed by atoms with E-state index in [0.717, 1.165) is 0 Å². The van der Waals surface area contributed by atoms with Crippen molar-refractivity contribution in [1.29, 1.82) is 0 Å². The van der Waals surface area contributed by atoms with Crippen LogP contribution in [-0.2, 0) is 0 Å². The van der Waals surface area contributed by atoms with Crippen LogP contribution < -0.4 is 5.32 Å². The molecule has 0 bridgehead atoms. The highest BCUT2D eigenvalue weighted by Gasteiger charge is 2.12. The lowest BCUT2D eigenvalue weighted by Gasteiger charge is -2.08. The van der Waals surface area contributed by atoms with Gasteiger partial charge in [-0.25, -0.2) is 4.98 Å². The van der Waals surface area contributed by atoms with Crippen LogP contribution in [-0.4, -0.2) is 21.1 Å². The summed E-state index contributed by atoms with van der Waals surface area (Å²) in [4.78, 5) is 16.0. The number of rotatable bonds is 2. The van der Waals surface area contributed by atoms with Crippen LogP contribution in [0.3, 0.4) is 0 Å². The van der Waals surface area contributed by atoms with Crippen molar-refractivity contribution >= 4 is 23.2 Å². The van der Waals surface area contributed by atoms with Gasteiger partial charge in [-0.15, -0.1) is 0 Å². The third-order valence-electron chi connectivity index (χ3n) is 2.35. The molecule has 0 saturated heterocycles. The zero-order valence-electron chi connectivity index (χ0n) is 9.94. The summed E-state index contributed by atoms with van der Waals surface area (Å²) < 4.78 is 0. The summed E-state index contributed by atoms with van der Waals surface area (Å²) in [5.74, 6) is -0.277. The van der Waals surface area contributed by atoms with E-state index in [1.807, 2.05) is 0 Å². The molecule has 0 aliphatic heterocycles. The van der Waals surface area contributed by atoms with Crippen molar-refractivity contribution in [3.05, 3.63) is 46.5 Å². The number of aromatic nitrogens is 3. The Kier molecular flexibility index (Phi) is 3.53. The average Bonchev–Trinajstić information content (AvgIpc) is 2.35. The molecule has 2 aromatic heterocycles. The molecule has 2 heterocycles. The van der Waals surface area contributed by atoms with Crippen LogP contribution in [0, 0.1) is 13.8 Å². The number of amides is 1. The van der Waals surface area contributed by atoms with Crippen molar-refractivity contribution < 1.29 is 4.79 Å². The molecule has 5 nitrogen and oxygen atoms in total. The minimum Gasteiger partial charge on any atom is -0.319 e. The molecule has 0 spiro atoms. The molecule has 0 aliphatic carbocycles. The van der Waals surface area contributed by atoms with Gasteiger partial charge in [0.05, 0.1) is 22.6 Å². The molecule has 0 fully saturated rings. The Hall–Kier alpha value is -2.01. The minimum atomic E-state index is -0.277. The monoisotopic (exact) mass is 262 g/mol. The summed E-state index contributed by atoms with van der Waals surface area (Å²) in [5, 5.41) is 10.7. The van der Waals surface area contributed by atoms with Gasteiger partial charge in [0.25, 0.3) is 5.91 Å². The van der Waals surface area contributed by atoms with Crippen LogP contribution in [0.25, 0.3) is 0 Å². The van der Waals surface area contributed by atoms with E-state index in [9.17, 15) is 4.79 Å². The highest BCUT2D eigenvalue weighted by atomic mass is 35.5. The first kappa shape index (κ1) is 12.4. The van der Waals surface area contributed by atoms with E-state index in [4.69, 9.17) is 11.6 Å². The average molecular weight is 263 g/mol. The summed E-state index contributed by atoms with van der Waals surface area (Å²) in [6.45, 7) is 3.51. The predicted octanol–water partition coefficient (Wildman–Crippen LogP) is 2.39. The summed E-state index contributed by atoms with van der Waals surface area (Å²) in [5.41, 5.74) is 2.20. The van der Waals surface area contributed by atoms with Gasteiger partial charge in [0.2, 0.25) is 0 Å². The second-order valence-corrected chi connectivity index (χ2v) is 4.14. The summed E-state index contributed by atoms with van der Waals surface area (Å²) in [6.07, 6.45) is 1.56. The molecule has 6 heteroatoms. The molecular weight excluding hydrogens is 252 g/mol. The standard InChI is InChI=1S/C12H11ClN4O/c1-7-6-9(8(2)17-16-7)12(18)15-10-4-3-5-14-11(10)13/h3-6H,1-2H3,(H,15,18). The Morgan fingerprint density at radius 1 is 1.33 bits per heavy atom. The first-order valence-corrected chi connectivity index (χ1v) is 5.68. The maximum atomic E-state index is 12.1.